The van der Waals surface area contributed by atoms with Gasteiger partial charge in [-0.3, -0.25) is 4.79 Å². The molecular weight excluding hydrogens is 307 g/mol. The molecule has 0 atom stereocenters. The van der Waals surface area contributed by atoms with Crippen LogP contribution in [0.15, 0.2) is 46.3 Å². The summed E-state index contributed by atoms with van der Waals surface area (Å²) >= 11 is 1.49. The lowest BCUT2D eigenvalue weighted by atomic mass is 10.1. The minimum Gasteiger partial charge on any atom is -0.455 e. The van der Waals surface area contributed by atoms with Crippen molar-refractivity contribution >= 4 is 17.3 Å². The van der Waals surface area contributed by atoms with Crippen molar-refractivity contribution in [2.24, 2.45) is 0 Å². The second kappa shape index (κ2) is 6.48. The lowest BCUT2D eigenvalue weighted by molar-refractivity contribution is -0.144. The number of rotatable bonds is 5. The van der Waals surface area contributed by atoms with E-state index in [2.05, 4.69) is 10.1 Å². The van der Waals surface area contributed by atoms with Gasteiger partial charge in [0.25, 0.3) is 5.89 Å². The summed E-state index contributed by atoms with van der Waals surface area (Å²) in [6.45, 7) is -0.0849. The third-order valence-corrected chi connectivity index (χ3v) is 3.69. The summed E-state index contributed by atoms with van der Waals surface area (Å²) in [6.07, 6.45) is 0.0617. The maximum absolute atomic E-state index is 12.8. The number of ether oxygens (including phenoxy) is 1. The second-order valence-corrected chi connectivity index (χ2v) is 5.40. The second-order valence-electron chi connectivity index (χ2n) is 4.45. The SMILES string of the molecule is O=C(Cc1ccc(F)cc1)OCc1nc(-c2cccs2)no1. The van der Waals surface area contributed by atoms with Crippen molar-refractivity contribution in [2.75, 3.05) is 0 Å². The number of hydrogen-bond donors (Lipinski definition) is 0. The van der Waals surface area contributed by atoms with Crippen LogP contribution in [0.4, 0.5) is 4.39 Å². The number of halogens is 1. The number of thiophene rings is 1. The van der Waals surface area contributed by atoms with Crippen LogP contribution in [0.2, 0.25) is 0 Å². The predicted octanol–water partition coefficient (Wildman–Crippen LogP) is 3.22. The Kier molecular flexibility index (Phi) is 4.24. The molecule has 0 aliphatic carbocycles. The standard InChI is InChI=1S/C15H11FN2O3S/c16-11-5-3-10(4-6-11)8-14(19)20-9-13-17-15(18-21-13)12-2-1-7-22-12/h1-7H,8-9H2. The first-order chi connectivity index (χ1) is 10.7. The van der Waals surface area contributed by atoms with Crippen LogP contribution in [0.3, 0.4) is 0 Å². The lowest BCUT2D eigenvalue weighted by Crippen LogP contribution is -2.08. The number of nitrogens with zero attached hydrogens (tertiary/aromatic N) is 2. The number of benzene rings is 1. The Bertz CT molecular complexity index is 753. The first-order valence-electron chi connectivity index (χ1n) is 6.47. The van der Waals surface area contributed by atoms with E-state index in [-0.39, 0.29) is 24.7 Å². The molecule has 0 unspecified atom stereocenters. The van der Waals surface area contributed by atoms with Crippen molar-refractivity contribution in [3.8, 4) is 10.7 Å². The van der Waals surface area contributed by atoms with Crippen LogP contribution in [0, 0.1) is 5.82 Å². The van der Waals surface area contributed by atoms with Gasteiger partial charge in [0.15, 0.2) is 6.61 Å². The molecule has 112 valence electrons. The Hall–Kier alpha value is -2.54. The van der Waals surface area contributed by atoms with Gasteiger partial charge >= 0.3 is 5.97 Å². The molecule has 7 heteroatoms. The van der Waals surface area contributed by atoms with Gasteiger partial charge < -0.3 is 9.26 Å². The van der Waals surface area contributed by atoms with Crippen molar-refractivity contribution in [1.29, 1.82) is 0 Å². The largest absolute Gasteiger partial charge is 0.455 e. The van der Waals surface area contributed by atoms with E-state index < -0.39 is 5.97 Å². The molecule has 0 aliphatic rings. The topological polar surface area (TPSA) is 65.2 Å². The zero-order chi connectivity index (χ0) is 15.4. The van der Waals surface area contributed by atoms with Crippen LogP contribution >= 0.6 is 11.3 Å². The Morgan fingerprint density at radius 3 is 2.82 bits per heavy atom. The third kappa shape index (κ3) is 3.56. The molecule has 0 fully saturated rings. The van der Waals surface area contributed by atoms with E-state index in [1.54, 1.807) is 0 Å². The molecule has 1 aromatic carbocycles. The Labute approximate surface area is 129 Å². The van der Waals surface area contributed by atoms with Crippen LogP contribution in [-0.2, 0) is 22.6 Å². The average Bonchev–Trinajstić information content (AvgIpc) is 3.18. The molecule has 2 aromatic heterocycles. The Morgan fingerprint density at radius 1 is 1.27 bits per heavy atom. The molecule has 0 spiro atoms. The summed E-state index contributed by atoms with van der Waals surface area (Å²) in [5.41, 5.74) is 0.677. The molecule has 0 bridgehead atoms. The zero-order valence-electron chi connectivity index (χ0n) is 11.4. The lowest BCUT2D eigenvalue weighted by Gasteiger charge is -2.02. The Balaban J connectivity index is 1.54. The molecule has 0 radical (unpaired) electrons. The molecule has 0 amide bonds. The molecule has 3 aromatic rings. The van der Waals surface area contributed by atoms with Gasteiger partial charge in [0.05, 0.1) is 11.3 Å². The molecular formula is C15H11FN2O3S. The first kappa shape index (κ1) is 14.4. The van der Waals surface area contributed by atoms with Gasteiger partial charge in [-0.25, -0.2) is 4.39 Å². The van der Waals surface area contributed by atoms with E-state index in [0.717, 1.165) is 4.88 Å². The monoisotopic (exact) mass is 318 g/mol. The van der Waals surface area contributed by atoms with Gasteiger partial charge in [-0.15, -0.1) is 11.3 Å². The highest BCUT2D eigenvalue weighted by molar-refractivity contribution is 7.13. The Morgan fingerprint density at radius 2 is 2.09 bits per heavy atom. The predicted molar refractivity (Wildman–Crippen MR) is 77.5 cm³/mol. The molecule has 2 heterocycles. The fourth-order valence-electron chi connectivity index (χ4n) is 1.78. The molecule has 0 N–H and O–H groups in total. The van der Waals surface area contributed by atoms with E-state index >= 15 is 0 Å². The maximum atomic E-state index is 12.8. The maximum Gasteiger partial charge on any atom is 0.310 e. The fraction of sp³-hybridized carbons (Fsp3) is 0.133. The summed E-state index contributed by atoms with van der Waals surface area (Å²) in [5.74, 6) is -0.0815. The van der Waals surface area contributed by atoms with Gasteiger partial charge in [0, 0.05) is 0 Å². The molecule has 0 aliphatic heterocycles. The van der Waals surface area contributed by atoms with Gasteiger partial charge in [-0.1, -0.05) is 23.4 Å². The number of carbonyl (C=O) groups excluding carboxylic acids is 1. The molecule has 0 saturated carbocycles. The van der Waals surface area contributed by atoms with Crippen LogP contribution in [0.25, 0.3) is 10.7 Å². The van der Waals surface area contributed by atoms with Crippen molar-refractivity contribution in [3.05, 3.63) is 59.0 Å². The van der Waals surface area contributed by atoms with Gasteiger partial charge in [-0.05, 0) is 29.1 Å². The highest BCUT2D eigenvalue weighted by Gasteiger charge is 2.12. The number of aromatic nitrogens is 2. The fourth-order valence-corrected chi connectivity index (χ4v) is 2.43. The smallest absolute Gasteiger partial charge is 0.310 e. The van der Waals surface area contributed by atoms with Crippen LogP contribution in [0.1, 0.15) is 11.5 Å². The number of carbonyl (C=O) groups is 1. The van der Waals surface area contributed by atoms with Crippen molar-refractivity contribution in [2.45, 2.75) is 13.0 Å². The quantitative estimate of drug-likeness (QED) is 0.676. The van der Waals surface area contributed by atoms with Gasteiger partial charge in [0.2, 0.25) is 5.82 Å². The molecule has 22 heavy (non-hydrogen) atoms. The molecule has 5 nitrogen and oxygen atoms in total. The summed E-state index contributed by atoms with van der Waals surface area (Å²) in [7, 11) is 0. The third-order valence-electron chi connectivity index (χ3n) is 2.83. The highest BCUT2D eigenvalue weighted by Crippen LogP contribution is 2.21. The van der Waals surface area contributed by atoms with E-state index in [9.17, 15) is 9.18 Å². The van der Waals surface area contributed by atoms with E-state index in [0.29, 0.717) is 11.4 Å². The van der Waals surface area contributed by atoms with Crippen LogP contribution in [-0.4, -0.2) is 16.1 Å². The molecule has 3 rings (SSSR count). The first-order valence-corrected chi connectivity index (χ1v) is 7.35. The number of hydrogen-bond acceptors (Lipinski definition) is 6. The minimum absolute atomic E-state index is 0.0617. The summed E-state index contributed by atoms with van der Waals surface area (Å²) < 4.78 is 22.9. The van der Waals surface area contributed by atoms with Crippen molar-refractivity contribution in [1.82, 2.24) is 10.1 Å². The minimum atomic E-state index is -0.442. The van der Waals surface area contributed by atoms with E-state index in [4.69, 9.17) is 9.26 Å². The van der Waals surface area contributed by atoms with E-state index in [1.165, 1.54) is 35.6 Å². The average molecular weight is 318 g/mol. The number of esters is 1. The summed E-state index contributed by atoms with van der Waals surface area (Å²) in [5, 5.41) is 5.73. The normalized spacial score (nSPS) is 10.6. The van der Waals surface area contributed by atoms with Gasteiger partial charge in [-0.2, -0.15) is 4.98 Å². The summed E-state index contributed by atoms with van der Waals surface area (Å²) in [6, 6.07) is 9.44. The van der Waals surface area contributed by atoms with Gasteiger partial charge in [0.1, 0.15) is 5.82 Å². The molecule has 0 saturated heterocycles. The zero-order valence-corrected chi connectivity index (χ0v) is 12.2. The van der Waals surface area contributed by atoms with E-state index in [1.807, 2.05) is 17.5 Å². The van der Waals surface area contributed by atoms with Crippen LogP contribution in [0.5, 0.6) is 0 Å². The van der Waals surface area contributed by atoms with Crippen molar-refractivity contribution in [3.63, 3.8) is 0 Å². The van der Waals surface area contributed by atoms with Crippen LogP contribution < -0.4 is 0 Å². The highest BCUT2D eigenvalue weighted by atomic mass is 32.1. The summed E-state index contributed by atoms with van der Waals surface area (Å²) in [4.78, 5) is 16.7. The van der Waals surface area contributed by atoms with Crippen molar-refractivity contribution < 1.29 is 18.4 Å².